The van der Waals surface area contributed by atoms with Crippen molar-refractivity contribution in [1.82, 2.24) is 10.2 Å². The van der Waals surface area contributed by atoms with Crippen LogP contribution in [0.3, 0.4) is 0 Å². The molecule has 2 heteroatoms. The van der Waals surface area contributed by atoms with E-state index in [4.69, 9.17) is 0 Å². The first-order valence-corrected chi connectivity index (χ1v) is 7.35. The van der Waals surface area contributed by atoms with Crippen molar-refractivity contribution < 1.29 is 0 Å². The van der Waals surface area contributed by atoms with E-state index in [1.54, 1.807) is 0 Å². The molecule has 3 rings (SSSR count). The van der Waals surface area contributed by atoms with Crippen LogP contribution in [0.1, 0.15) is 37.2 Å². The summed E-state index contributed by atoms with van der Waals surface area (Å²) in [5.74, 6) is 0.666. The summed E-state index contributed by atoms with van der Waals surface area (Å²) in [5.41, 5.74) is 1.50. The fourth-order valence-corrected chi connectivity index (χ4v) is 3.72. The molecule has 0 spiro atoms. The van der Waals surface area contributed by atoms with E-state index < -0.39 is 0 Å². The maximum Gasteiger partial charge on any atom is 0.0304 e. The number of fused-ring (bicyclic) bond motifs is 1. The van der Waals surface area contributed by atoms with Gasteiger partial charge in [0.2, 0.25) is 0 Å². The van der Waals surface area contributed by atoms with Crippen molar-refractivity contribution in [3.8, 4) is 0 Å². The van der Waals surface area contributed by atoms with Gasteiger partial charge in [-0.15, -0.1) is 0 Å². The molecule has 3 unspecified atom stereocenters. The quantitative estimate of drug-likeness (QED) is 0.817. The summed E-state index contributed by atoms with van der Waals surface area (Å²) in [5, 5.41) is 3.82. The highest BCUT2D eigenvalue weighted by atomic mass is 15.2. The number of nitrogens with zero attached hydrogens (tertiary/aromatic N) is 1. The molecular weight excluding hydrogens is 220 g/mol. The molecule has 2 aliphatic rings. The predicted octanol–water partition coefficient (Wildman–Crippen LogP) is 2.62. The molecule has 0 aromatic heterocycles. The fraction of sp³-hybridized carbons (Fsp3) is 0.625. The number of likely N-dealkylation sites (N-methyl/N-ethyl adjacent to an activating group) is 1. The minimum Gasteiger partial charge on any atom is -0.312 e. The van der Waals surface area contributed by atoms with Crippen molar-refractivity contribution in [3.05, 3.63) is 35.9 Å². The van der Waals surface area contributed by atoms with Gasteiger partial charge in [-0.05, 0) is 32.0 Å². The average Bonchev–Trinajstić information content (AvgIpc) is 2.66. The highest BCUT2D eigenvalue weighted by molar-refractivity contribution is 5.25. The molecule has 3 atom stereocenters. The largest absolute Gasteiger partial charge is 0.312 e. The lowest BCUT2D eigenvalue weighted by atomic mass is 9.88. The Kier molecular flexibility index (Phi) is 3.67. The summed E-state index contributed by atoms with van der Waals surface area (Å²) in [6, 6.07) is 12.4. The van der Waals surface area contributed by atoms with E-state index in [0.717, 1.165) is 6.04 Å². The normalized spacial score (nSPS) is 33.7. The maximum absolute atomic E-state index is 3.82. The molecular formula is C16H24N2. The van der Waals surface area contributed by atoms with Crippen LogP contribution in [0.5, 0.6) is 0 Å². The van der Waals surface area contributed by atoms with E-state index in [-0.39, 0.29) is 0 Å². The van der Waals surface area contributed by atoms with Crippen molar-refractivity contribution in [2.45, 2.75) is 43.7 Å². The Hall–Kier alpha value is -0.860. The van der Waals surface area contributed by atoms with Gasteiger partial charge in [0.25, 0.3) is 0 Å². The van der Waals surface area contributed by atoms with Gasteiger partial charge in [-0.1, -0.05) is 43.2 Å². The van der Waals surface area contributed by atoms with Crippen LogP contribution in [-0.4, -0.2) is 37.1 Å². The van der Waals surface area contributed by atoms with Crippen molar-refractivity contribution in [1.29, 1.82) is 0 Å². The van der Waals surface area contributed by atoms with Crippen LogP contribution in [0, 0.1) is 0 Å². The number of hydrogen-bond donors (Lipinski definition) is 1. The molecule has 0 bridgehead atoms. The summed E-state index contributed by atoms with van der Waals surface area (Å²) in [7, 11) is 2.30. The minimum absolute atomic E-state index is 0.651. The van der Waals surface area contributed by atoms with E-state index in [0.29, 0.717) is 12.0 Å². The third-order valence-corrected chi connectivity index (χ3v) is 4.68. The van der Waals surface area contributed by atoms with Gasteiger partial charge < -0.3 is 10.2 Å². The van der Waals surface area contributed by atoms with E-state index in [1.165, 1.54) is 44.3 Å². The smallest absolute Gasteiger partial charge is 0.0304 e. The summed E-state index contributed by atoms with van der Waals surface area (Å²) >= 11 is 0. The molecule has 98 valence electrons. The van der Waals surface area contributed by atoms with Crippen molar-refractivity contribution in [2.24, 2.45) is 0 Å². The number of likely N-dealkylation sites (tertiary alicyclic amines) is 1. The number of rotatable bonds is 1. The second-order valence-corrected chi connectivity index (χ2v) is 5.85. The summed E-state index contributed by atoms with van der Waals surface area (Å²) in [4.78, 5) is 2.57. The van der Waals surface area contributed by atoms with Crippen LogP contribution >= 0.6 is 0 Å². The van der Waals surface area contributed by atoms with Gasteiger partial charge in [-0.3, -0.25) is 0 Å². The molecule has 1 aromatic carbocycles. The minimum atomic E-state index is 0.651. The molecule has 2 fully saturated rings. The van der Waals surface area contributed by atoms with Gasteiger partial charge in [0.15, 0.2) is 0 Å². The first-order chi connectivity index (χ1) is 8.86. The van der Waals surface area contributed by atoms with Gasteiger partial charge in [-0.2, -0.15) is 0 Å². The Morgan fingerprint density at radius 1 is 1.11 bits per heavy atom. The third-order valence-electron chi connectivity index (χ3n) is 4.68. The fourth-order valence-electron chi connectivity index (χ4n) is 3.72. The summed E-state index contributed by atoms with van der Waals surface area (Å²) in [6.07, 6.45) is 5.49. The first kappa shape index (κ1) is 12.2. The lowest BCUT2D eigenvalue weighted by Gasteiger charge is -2.29. The highest BCUT2D eigenvalue weighted by Gasteiger charge is 2.40. The second-order valence-electron chi connectivity index (χ2n) is 5.85. The van der Waals surface area contributed by atoms with Crippen LogP contribution in [-0.2, 0) is 0 Å². The SMILES string of the molecule is CN1CC(c2ccccc2)C2NCCCCCC21. The lowest BCUT2D eigenvalue weighted by Crippen LogP contribution is -2.44. The molecule has 1 aromatic rings. The first-order valence-electron chi connectivity index (χ1n) is 7.35. The number of benzene rings is 1. The molecule has 0 amide bonds. The molecule has 2 heterocycles. The average molecular weight is 244 g/mol. The highest BCUT2D eigenvalue weighted by Crippen LogP contribution is 2.34. The Bertz CT molecular complexity index is 376. The predicted molar refractivity (Wildman–Crippen MR) is 75.9 cm³/mol. The zero-order valence-corrected chi connectivity index (χ0v) is 11.3. The monoisotopic (exact) mass is 244 g/mol. The van der Waals surface area contributed by atoms with E-state index in [9.17, 15) is 0 Å². The number of hydrogen-bond acceptors (Lipinski definition) is 2. The lowest BCUT2D eigenvalue weighted by molar-refractivity contribution is 0.250. The number of nitrogens with one attached hydrogen (secondary N) is 1. The Morgan fingerprint density at radius 3 is 2.78 bits per heavy atom. The summed E-state index contributed by atoms with van der Waals surface area (Å²) in [6.45, 7) is 2.39. The van der Waals surface area contributed by atoms with Crippen LogP contribution in [0.25, 0.3) is 0 Å². The zero-order valence-electron chi connectivity index (χ0n) is 11.3. The molecule has 1 N–H and O–H groups in total. The second kappa shape index (κ2) is 5.41. The Labute approximate surface area is 110 Å². The Balaban J connectivity index is 1.83. The van der Waals surface area contributed by atoms with E-state index in [2.05, 4.69) is 47.6 Å². The third kappa shape index (κ3) is 2.32. The van der Waals surface area contributed by atoms with Gasteiger partial charge in [0.1, 0.15) is 0 Å². The molecule has 0 radical (unpaired) electrons. The summed E-state index contributed by atoms with van der Waals surface area (Å²) < 4.78 is 0. The van der Waals surface area contributed by atoms with Crippen molar-refractivity contribution in [2.75, 3.05) is 20.1 Å². The van der Waals surface area contributed by atoms with E-state index in [1.807, 2.05) is 0 Å². The molecule has 2 saturated heterocycles. The standard InChI is InChI=1S/C16H24N2/c1-18-12-14(13-8-4-2-5-9-13)16-15(18)10-6-3-7-11-17-16/h2,4-5,8-9,14-17H,3,6-7,10-12H2,1H3. The maximum atomic E-state index is 3.82. The van der Waals surface area contributed by atoms with Crippen LogP contribution in [0.15, 0.2) is 30.3 Å². The molecule has 0 saturated carbocycles. The molecule has 18 heavy (non-hydrogen) atoms. The van der Waals surface area contributed by atoms with Crippen molar-refractivity contribution >= 4 is 0 Å². The van der Waals surface area contributed by atoms with Gasteiger partial charge >= 0.3 is 0 Å². The van der Waals surface area contributed by atoms with Crippen LogP contribution in [0.2, 0.25) is 0 Å². The zero-order chi connectivity index (χ0) is 12.4. The van der Waals surface area contributed by atoms with Gasteiger partial charge in [-0.25, -0.2) is 0 Å². The molecule has 2 nitrogen and oxygen atoms in total. The molecule has 2 aliphatic heterocycles. The Morgan fingerprint density at radius 2 is 1.94 bits per heavy atom. The van der Waals surface area contributed by atoms with Crippen LogP contribution in [0.4, 0.5) is 0 Å². The van der Waals surface area contributed by atoms with E-state index >= 15 is 0 Å². The van der Waals surface area contributed by atoms with Crippen molar-refractivity contribution in [3.63, 3.8) is 0 Å². The van der Waals surface area contributed by atoms with Gasteiger partial charge in [0.05, 0.1) is 0 Å². The molecule has 0 aliphatic carbocycles. The van der Waals surface area contributed by atoms with Gasteiger partial charge in [0, 0.05) is 24.5 Å². The van der Waals surface area contributed by atoms with Crippen LogP contribution < -0.4 is 5.32 Å². The topological polar surface area (TPSA) is 15.3 Å².